The molecule has 42 heavy (non-hydrogen) atoms. The zero-order valence-corrected chi connectivity index (χ0v) is 24.2. The molecule has 9 nitrogen and oxygen atoms in total. The summed E-state index contributed by atoms with van der Waals surface area (Å²) in [5, 5.41) is 0.350. The highest BCUT2D eigenvalue weighted by atomic mass is 35.5. The monoisotopic (exact) mass is 591 g/mol. The topological polar surface area (TPSA) is 82.0 Å². The van der Waals surface area contributed by atoms with Crippen molar-refractivity contribution in [1.82, 2.24) is 19.4 Å². The van der Waals surface area contributed by atoms with Crippen LogP contribution in [-0.4, -0.2) is 72.4 Å². The summed E-state index contributed by atoms with van der Waals surface area (Å²) >= 11 is 5.85. The van der Waals surface area contributed by atoms with Crippen LogP contribution in [0.2, 0.25) is 5.02 Å². The largest absolute Gasteiger partial charge is 0.473 e. The normalized spacial score (nSPS) is 15.1. The Morgan fingerprint density at radius 3 is 2.55 bits per heavy atom. The first-order chi connectivity index (χ1) is 20.4. The van der Waals surface area contributed by atoms with Crippen molar-refractivity contribution < 1.29 is 23.4 Å². The summed E-state index contributed by atoms with van der Waals surface area (Å²) in [7, 11) is 3.06. The van der Waals surface area contributed by atoms with Crippen molar-refractivity contribution in [2.45, 2.75) is 19.7 Å². The van der Waals surface area contributed by atoms with E-state index in [1.54, 1.807) is 31.4 Å². The van der Waals surface area contributed by atoms with Crippen LogP contribution in [0.4, 0.5) is 10.2 Å². The number of pyridine rings is 1. The molecule has 4 heterocycles. The first-order valence-corrected chi connectivity index (χ1v) is 14.1. The molecule has 2 aliphatic rings. The molecule has 6 rings (SSSR count). The van der Waals surface area contributed by atoms with Gasteiger partial charge in [-0.15, -0.1) is 0 Å². The average molecular weight is 592 g/mol. The molecule has 0 aliphatic carbocycles. The van der Waals surface area contributed by atoms with Crippen LogP contribution >= 0.6 is 11.6 Å². The number of benzene rings is 2. The third-order valence-corrected chi connectivity index (χ3v) is 7.88. The van der Waals surface area contributed by atoms with E-state index in [1.165, 1.54) is 24.3 Å². The SMILES string of the molecule is COCCn1c(CN2CC3=C(C2)CN(c2cccc(OCc4ccc(Cl)cc4F)n2)C3)nc2ccc(C(=O)OC)cc21. The Morgan fingerprint density at radius 2 is 1.81 bits per heavy atom. The minimum atomic E-state index is -0.399. The van der Waals surface area contributed by atoms with E-state index in [1.807, 2.05) is 24.3 Å². The van der Waals surface area contributed by atoms with Crippen molar-refractivity contribution >= 4 is 34.4 Å². The number of esters is 1. The minimum Gasteiger partial charge on any atom is -0.473 e. The van der Waals surface area contributed by atoms with Gasteiger partial charge in [-0.25, -0.2) is 14.2 Å². The van der Waals surface area contributed by atoms with Gasteiger partial charge in [0.25, 0.3) is 0 Å². The Hall–Kier alpha value is -3.99. The van der Waals surface area contributed by atoms with Gasteiger partial charge >= 0.3 is 5.97 Å². The van der Waals surface area contributed by atoms with Crippen molar-refractivity contribution in [3.8, 4) is 5.88 Å². The molecule has 0 N–H and O–H groups in total. The summed E-state index contributed by atoms with van der Waals surface area (Å²) in [6.07, 6.45) is 0. The minimum absolute atomic E-state index is 0.0717. The molecule has 4 aromatic rings. The molecule has 0 bridgehead atoms. The molecule has 0 radical (unpaired) electrons. The van der Waals surface area contributed by atoms with Gasteiger partial charge in [0.1, 0.15) is 24.1 Å². The molecule has 0 amide bonds. The second-order valence-electron chi connectivity index (χ2n) is 10.4. The van der Waals surface area contributed by atoms with Crippen LogP contribution in [-0.2, 0) is 29.2 Å². The average Bonchev–Trinajstić information content (AvgIpc) is 3.66. The number of hydrogen-bond acceptors (Lipinski definition) is 8. The summed E-state index contributed by atoms with van der Waals surface area (Å²) < 4.78 is 32.3. The number of anilines is 1. The number of ether oxygens (including phenoxy) is 3. The van der Waals surface area contributed by atoms with Gasteiger partial charge in [-0.2, -0.15) is 4.98 Å². The number of carbonyl (C=O) groups excluding carboxylic acids is 1. The summed E-state index contributed by atoms with van der Waals surface area (Å²) in [4.78, 5) is 26.3. The van der Waals surface area contributed by atoms with Crippen LogP contribution in [0.15, 0.2) is 65.7 Å². The molecule has 2 aromatic carbocycles. The second-order valence-corrected chi connectivity index (χ2v) is 10.9. The van der Waals surface area contributed by atoms with Crippen molar-refractivity contribution in [3.05, 3.63) is 93.5 Å². The fourth-order valence-corrected chi connectivity index (χ4v) is 5.71. The zero-order chi connectivity index (χ0) is 29.2. The number of halogens is 2. The van der Waals surface area contributed by atoms with Gasteiger partial charge in [0.2, 0.25) is 5.88 Å². The van der Waals surface area contributed by atoms with Crippen LogP contribution in [0.5, 0.6) is 5.88 Å². The summed E-state index contributed by atoms with van der Waals surface area (Å²) in [6.45, 7) is 5.19. The maximum Gasteiger partial charge on any atom is 0.337 e. The highest BCUT2D eigenvalue weighted by Crippen LogP contribution is 2.31. The van der Waals surface area contributed by atoms with Crippen molar-refractivity contribution in [3.63, 3.8) is 0 Å². The van der Waals surface area contributed by atoms with Gasteiger partial charge < -0.3 is 23.7 Å². The molecular weight excluding hydrogens is 561 g/mol. The van der Waals surface area contributed by atoms with E-state index in [9.17, 15) is 9.18 Å². The predicted octanol–water partition coefficient (Wildman–Crippen LogP) is 4.87. The molecule has 0 atom stereocenters. The maximum absolute atomic E-state index is 14.1. The molecule has 0 fully saturated rings. The Kier molecular flexibility index (Phi) is 8.10. The first-order valence-electron chi connectivity index (χ1n) is 13.7. The third-order valence-electron chi connectivity index (χ3n) is 7.65. The van der Waals surface area contributed by atoms with Gasteiger partial charge in [-0.3, -0.25) is 4.90 Å². The second kappa shape index (κ2) is 12.1. The highest BCUT2D eigenvalue weighted by Gasteiger charge is 2.31. The van der Waals surface area contributed by atoms with E-state index in [2.05, 4.69) is 19.4 Å². The van der Waals surface area contributed by atoms with Crippen LogP contribution in [0, 0.1) is 5.82 Å². The lowest BCUT2D eigenvalue weighted by atomic mass is 10.2. The Morgan fingerprint density at radius 1 is 1.00 bits per heavy atom. The number of imidazole rings is 1. The molecular formula is C31H31ClFN5O4. The lowest BCUT2D eigenvalue weighted by molar-refractivity contribution is 0.0601. The number of rotatable bonds is 10. The van der Waals surface area contributed by atoms with Crippen LogP contribution in [0.3, 0.4) is 0 Å². The van der Waals surface area contributed by atoms with Gasteiger partial charge in [0.15, 0.2) is 0 Å². The van der Waals surface area contributed by atoms with E-state index in [-0.39, 0.29) is 12.6 Å². The van der Waals surface area contributed by atoms with Gasteiger partial charge in [0.05, 0.1) is 36.9 Å². The lowest BCUT2D eigenvalue weighted by Gasteiger charge is -2.24. The first kappa shape index (κ1) is 28.1. The number of carbonyl (C=O) groups is 1. The van der Waals surface area contributed by atoms with E-state index < -0.39 is 5.82 Å². The number of hydrogen-bond donors (Lipinski definition) is 0. The van der Waals surface area contributed by atoms with Gasteiger partial charge in [-0.1, -0.05) is 23.7 Å². The lowest BCUT2D eigenvalue weighted by Crippen LogP contribution is -2.30. The summed E-state index contributed by atoms with van der Waals surface area (Å²) in [6, 6.07) is 15.6. The number of methoxy groups -OCH3 is 2. The number of fused-ring (bicyclic) bond motifs is 1. The predicted molar refractivity (Wildman–Crippen MR) is 157 cm³/mol. The molecule has 2 aromatic heterocycles. The standard InChI is InChI=1S/C31H31ClFN5O4/c1-40-11-10-38-27-12-20(31(39)41-2)7-9-26(27)34-29(38)18-36-14-22-16-37(17-23(22)15-36)28-4-3-5-30(35-28)42-19-21-6-8-24(32)13-25(21)33/h3-9,12-13H,10-11,14-19H2,1-2H3. The summed E-state index contributed by atoms with van der Waals surface area (Å²) in [5.41, 5.74) is 5.43. The highest BCUT2D eigenvalue weighted by molar-refractivity contribution is 6.30. The van der Waals surface area contributed by atoms with Crippen LogP contribution < -0.4 is 9.64 Å². The Balaban J connectivity index is 1.10. The van der Waals surface area contributed by atoms with Crippen LogP contribution in [0.25, 0.3) is 11.0 Å². The van der Waals surface area contributed by atoms with Gasteiger partial charge in [0, 0.05) is 56.5 Å². The molecule has 0 saturated heterocycles. The molecule has 218 valence electrons. The van der Waals surface area contributed by atoms with E-state index in [4.69, 9.17) is 30.8 Å². The smallest absolute Gasteiger partial charge is 0.337 e. The molecule has 0 spiro atoms. The quantitative estimate of drug-likeness (QED) is 0.191. The number of aromatic nitrogens is 3. The van der Waals surface area contributed by atoms with Crippen LogP contribution in [0.1, 0.15) is 21.7 Å². The van der Waals surface area contributed by atoms with Gasteiger partial charge in [-0.05, 0) is 47.5 Å². The fraction of sp³-hybridized carbons (Fsp3) is 0.323. The van der Waals surface area contributed by atoms with E-state index >= 15 is 0 Å². The maximum atomic E-state index is 14.1. The molecule has 2 aliphatic heterocycles. The fourth-order valence-electron chi connectivity index (χ4n) is 5.55. The molecule has 0 unspecified atom stereocenters. The van der Waals surface area contributed by atoms with Crippen molar-refractivity contribution in [1.29, 1.82) is 0 Å². The zero-order valence-electron chi connectivity index (χ0n) is 23.5. The van der Waals surface area contributed by atoms with Crippen molar-refractivity contribution in [2.75, 3.05) is 51.9 Å². The van der Waals surface area contributed by atoms with E-state index in [0.717, 1.165) is 48.9 Å². The van der Waals surface area contributed by atoms with Crippen molar-refractivity contribution in [2.24, 2.45) is 0 Å². The van der Waals surface area contributed by atoms with E-state index in [0.29, 0.717) is 41.7 Å². The Bertz CT molecular complexity index is 1650. The Labute approximate surface area is 248 Å². The third kappa shape index (κ3) is 5.83. The molecule has 0 saturated carbocycles. The number of nitrogens with zero attached hydrogens (tertiary/aromatic N) is 5. The molecule has 11 heteroatoms. The summed E-state index contributed by atoms with van der Waals surface area (Å²) in [5.74, 6) is 1.44.